The summed E-state index contributed by atoms with van der Waals surface area (Å²) in [5.74, 6) is 0.576. The number of ether oxygens (including phenoxy) is 1. The van der Waals surface area contributed by atoms with Crippen LogP contribution in [0.2, 0.25) is 0 Å². The van der Waals surface area contributed by atoms with Crippen molar-refractivity contribution < 1.29 is 9.53 Å². The summed E-state index contributed by atoms with van der Waals surface area (Å²) in [5.41, 5.74) is 1.78. The first-order valence-electron chi connectivity index (χ1n) is 8.43. The van der Waals surface area contributed by atoms with Gasteiger partial charge < -0.3 is 20.7 Å². The van der Waals surface area contributed by atoms with E-state index in [-0.39, 0.29) is 18.5 Å². The molecule has 0 aliphatic carbocycles. The van der Waals surface area contributed by atoms with Gasteiger partial charge in [0.2, 0.25) is 5.91 Å². The van der Waals surface area contributed by atoms with Crippen LogP contribution < -0.4 is 16.0 Å². The molecule has 8 heteroatoms. The molecule has 2 rings (SSSR count). The van der Waals surface area contributed by atoms with Gasteiger partial charge in [-0.2, -0.15) is 5.10 Å². The number of amides is 1. The van der Waals surface area contributed by atoms with Crippen LogP contribution in [0.3, 0.4) is 0 Å². The van der Waals surface area contributed by atoms with E-state index in [1.54, 1.807) is 37.3 Å². The number of aliphatic imine (C=N–C) groups is 1. The van der Waals surface area contributed by atoms with E-state index in [4.69, 9.17) is 4.74 Å². The van der Waals surface area contributed by atoms with Gasteiger partial charge in [0.25, 0.3) is 0 Å². The fourth-order valence-corrected chi connectivity index (χ4v) is 2.41. The Labute approximate surface area is 153 Å². The highest BCUT2D eigenvalue weighted by atomic mass is 16.5. The minimum atomic E-state index is -0.121. The summed E-state index contributed by atoms with van der Waals surface area (Å²) in [6.07, 6.45) is 3.40. The van der Waals surface area contributed by atoms with Crippen LogP contribution >= 0.6 is 0 Å². The Hall–Kier alpha value is -2.87. The van der Waals surface area contributed by atoms with Crippen LogP contribution in [0.25, 0.3) is 0 Å². The van der Waals surface area contributed by atoms with E-state index in [0.717, 1.165) is 11.3 Å². The van der Waals surface area contributed by atoms with Crippen molar-refractivity contribution in [1.82, 2.24) is 20.4 Å². The van der Waals surface area contributed by atoms with Crippen molar-refractivity contribution in [2.75, 3.05) is 26.1 Å². The van der Waals surface area contributed by atoms with Crippen LogP contribution in [-0.2, 0) is 22.6 Å². The monoisotopic (exact) mass is 358 g/mol. The summed E-state index contributed by atoms with van der Waals surface area (Å²) in [4.78, 5) is 16.3. The minimum Gasteiger partial charge on any atom is -0.383 e. The molecule has 0 saturated heterocycles. The fraction of sp³-hybridized carbons (Fsp3) is 0.389. The van der Waals surface area contributed by atoms with Gasteiger partial charge >= 0.3 is 0 Å². The number of aromatic nitrogens is 2. The van der Waals surface area contributed by atoms with E-state index in [9.17, 15) is 4.79 Å². The third kappa shape index (κ3) is 6.56. The third-order valence-corrected chi connectivity index (χ3v) is 3.56. The maximum atomic E-state index is 12.1. The van der Waals surface area contributed by atoms with Crippen molar-refractivity contribution in [3.8, 4) is 0 Å². The van der Waals surface area contributed by atoms with Gasteiger partial charge in [0.15, 0.2) is 5.96 Å². The number of hydrogen-bond acceptors (Lipinski definition) is 4. The zero-order valence-electron chi connectivity index (χ0n) is 15.4. The van der Waals surface area contributed by atoms with Gasteiger partial charge in [-0.3, -0.25) is 14.5 Å². The van der Waals surface area contributed by atoms with Gasteiger partial charge in [0.1, 0.15) is 6.54 Å². The van der Waals surface area contributed by atoms with E-state index < -0.39 is 0 Å². The molecule has 0 saturated carbocycles. The lowest BCUT2D eigenvalue weighted by Gasteiger charge is -2.17. The second-order valence-corrected chi connectivity index (χ2v) is 5.88. The number of benzene rings is 1. The Bertz CT molecular complexity index is 714. The molecule has 1 unspecified atom stereocenters. The number of guanidine groups is 1. The van der Waals surface area contributed by atoms with Gasteiger partial charge in [-0.25, -0.2) is 0 Å². The summed E-state index contributed by atoms with van der Waals surface area (Å²) in [7, 11) is 3.39. The van der Waals surface area contributed by atoms with Crippen LogP contribution in [0, 0.1) is 0 Å². The highest BCUT2D eigenvalue weighted by Gasteiger charge is 2.06. The number of hydrogen-bond donors (Lipinski definition) is 3. The van der Waals surface area contributed by atoms with Gasteiger partial charge in [0.05, 0.1) is 6.61 Å². The van der Waals surface area contributed by atoms with Crippen molar-refractivity contribution in [3.05, 3.63) is 48.3 Å². The average molecular weight is 358 g/mol. The summed E-state index contributed by atoms with van der Waals surface area (Å²) in [6.45, 7) is 3.39. The molecule has 26 heavy (non-hydrogen) atoms. The second-order valence-electron chi connectivity index (χ2n) is 5.88. The first kappa shape index (κ1) is 19.5. The molecule has 2 aromatic rings. The van der Waals surface area contributed by atoms with Crippen LogP contribution in [0.4, 0.5) is 5.69 Å². The van der Waals surface area contributed by atoms with E-state index in [0.29, 0.717) is 19.1 Å². The highest BCUT2D eigenvalue weighted by molar-refractivity contribution is 5.90. The number of nitrogens with zero attached hydrogens (tertiary/aromatic N) is 3. The summed E-state index contributed by atoms with van der Waals surface area (Å²) in [6, 6.07) is 9.62. The molecule has 1 atom stereocenters. The molecule has 0 spiro atoms. The smallest absolute Gasteiger partial charge is 0.246 e. The van der Waals surface area contributed by atoms with E-state index in [1.807, 2.05) is 31.2 Å². The molecular formula is C18H26N6O2. The second kappa shape index (κ2) is 10.2. The van der Waals surface area contributed by atoms with Crippen molar-refractivity contribution in [1.29, 1.82) is 0 Å². The van der Waals surface area contributed by atoms with Gasteiger partial charge in [0, 0.05) is 44.8 Å². The molecule has 140 valence electrons. The standard InChI is InChI=1S/C18H26N6O2/c1-14(13-26-3)22-18(19-2)20-11-15-6-4-7-16(10-15)23-17(25)12-24-9-5-8-21-24/h4-10,14H,11-13H2,1-3H3,(H,23,25)(H2,19,20,22). The summed E-state index contributed by atoms with van der Waals surface area (Å²) >= 11 is 0. The summed E-state index contributed by atoms with van der Waals surface area (Å²) < 4.78 is 6.69. The van der Waals surface area contributed by atoms with E-state index in [1.165, 1.54) is 0 Å². The van der Waals surface area contributed by atoms with Gasteiger partial charge in [-0.1, -0.05) is 12.1 Å². The quantitative estimate of drug-likeness (QED) is 0.487. The first-order chi connectivity index (χ1) is 12.6. The number of methoxy groups -OCH3 is 1. The molecule has 1 aromatic carbocycles. The third-order valence-electron chi connectivity index (χ3n) is 3.56. The lowest BCUT2D eigenvalue weighted by Crippen LogP contribution is -2.43. The van der Waals surface area contributed by atoms with Crippen molar-refractivity contribution >= 4 is 17.6 Å². The van der Waals surface area contributed by atoms with Crippen LogP contribution in [0.5, 0.6) is 0 Å². The molecule has 8 nitrogen and oxygen atoms in total. The molecule has 0 aliphatic heterocycles. The molecule has 1 aromatic heterocycles. The van der Waals surface area contributed by atoms with Crippen molar-refractivity contribution in [2.45, 2.75) is 26.1 Å². The normalized spacial score (nSPS) is 12.5. The lowest BCUT2D eigenvalue weighted by molar-refractivity contribution is -0.116. The van der Waals surface area contributed by atoms with Gasteiger partial charge in [-0.05, 0) is 30.7 Å². The predicted molar refractivity (Wildman–Crippen MR) is 102 cm³/mol. The fourth-order valence-electron chi connectivity index (χ4n) is 2.41. The Balaban J connectivity index is 1.86. The largest absolute Gasteiger partial charge is 0.383 e. The number of anilines is 1. The molecule has 0 aliphatic rings. The molecule has 3 N–H and O–H groups in total. The zero-order valence-corrected chi connectivity index (χ0v) is 15.4. The van der Waals surface area contributed by atoms with Crippen molar-refractivity contribution in [2.24, 2.45) is 4.99 Å². The molecular weight excluding hydrogens is 332 g/mol. The molecule has 0 radical (unpaired) electrons. The Kier molecular flexibility index (Phi) is 7.63. The number of nitrogens with one attached hydrogen (secondary N) is 3. The minimum absolute atomic E-state index is 0.121. The van der Waals surface area contributed by atoms with Crippen LogP contribution in [0.1, 0.15) is 12.5 Å². The topological polar surface area (TPSA) is 92.6 Å². The summed E-state index contributed by atoms with van der Waals surface area (Å²) in [5, 5.41) is 13.4. The van der Waals surface area contributed by atoms with E-state index >= 15 is 0 Å². The SMILES string of the molecule is CN=C(NCc1cccc(NC(=O)Cn2cccn2)c1)NC(C)COC. The number of rotatable bonds is 8. The molecule has 1 amide bonds. The average Bonchev–Trinajstić information content (AvgIpc) is 3.12. The van der Waals surface area contributed by atoms with Crippen molar-refractivity contribution in [3.63, 3.8) is 0 Å². The molecule has 0 fully saturated rings. The van der Waals surface area contributed by atoms with E-state index in [2.05, 4.69) is 26.0 Å². The maximum Gasteiger partial charge on any atom is 0.246 e. The molecule has 1 heterocycles. The Morgan fingerprint density at radius 1 is 1.38 bits per heavy atom. The number of carbonyl (C=O) groups excluding carboxylic acids is 1. The highest BCUT2D eigenvalue weighted by Crippen LogP contribution is 2.10. The number of carbonyl (C=O) groups is 1. The predicted octanol–water partition coefficient (Wildman–Crippen LogP) is 1.22. The Morgan fingerprint density at radius 3 is 2.92 bits per heavy atom. The Morgan fingerprint density at radius 2 is 2.23 bits per heavy atom. The zero-order chi connectivity index (χ0) is 18.8. The molecule has 0 bridgehead atoms. The van der Waals surface area contributed by atoms with Crippen LogP contribution in [0.15, 0.2) is 47.7 Å². The first-order valence-corrected chi connectivity index (χ1v) is 8.43. The lowest BCUT2D eigenvalue weighted by atomic mass is 10.2. The van der Waals surface area contributed by atoms with Gasteiger partial charge in [-0.15, -0.1) is 0 Å². The van der Waals surface area contributed by atoms with Crippen LogP contribution in [-0.4, -0.2) is 48.5 Å². The maximum absolute atomic E-state index is 12.1.